The van der Waals surface area contributed by atoms with Gasteiger partial charge in [-0.3, -0.25) is 4.79 Å². The lowest BCUT2D eigenvalue weighted by atomic mass is 10.7. The molecule has 7 heteroatoms. The first kappa shape index (κ1) is 8.44. The molecule has 0 saturated heterocycles. The van der Waals surface area contributed by atoms with Crippen LogP contribution in [0.3, 0.4) is 0 Å². The standard InChI is InChI=1S/C2H3F2NO3S/c3-2(4,1(5)6)9(7)8/h(H2,5,6)(H,7,8). The third-order valence-electron chi connectivity index (χ3n) is 0.506. The Bertz CT molecular complexity index is 142. The summed E-state index contributed by atoms with van der Waals surface area (Å²) >= 11 is -3.51. The fourth-order valence-electron chi connectivity index (χ4n) is 0.0861. The van der Waals surface area contributed by atoms with E-state index in [4.69, 9.17) is 4.55 Å². The lowest BCUT2D eigenvalue weighted by molar-refractivity contribution is -0.132. The minimum atomic E-state index is -4.33. The van der Waals surface area contributed by atoms with Crippen LogP contribution in [0.25, 0.3) is 0 Å². The van der Waals surface area contributed by atoms with Crippen LogP contribution >= 0.6 is 0 Å². The summed E-state index contributed by atoms with van der Waals surface area (Å²) in [7, 11) is 0. The van der Waals surface area contributed by atoms with E-state index >= 15 is 0 Å². The lowest BCUT2D eigenvalue weighted by Crippen LogP contribution is -2.39. The van der Waals surface area contributed by atoms with Crippen molar-refractivity contribution in [1.29, 1.82) is 0 Å². The summed E-state index contributed by atoms with van der Waals surface area (Å²) in [4.78, 5) is 9.58. The Kier molecular flexibility index (Phi) is 2.21. The van der Waals surface area contributed by atoms with E-state index < -0.39 is 22.2 Å². The Balaban J connectivity index is 4.38. The first-order valence-electron chi connectivity index (χ1n) is 1.67. The zero-order chi connectivity index (χ0) is 7.65. The molecule has 0 aliphatic rings. The lowest BCUT2D eigenvalue weighted by Gasteiger charge is -2.04. The number of carbonyl (C=O) groups excluding carboxylic acids is 1. The molecule has 54 valence electrons. The summed E-state index contributed by atoms with van der Waals surface area (Å²) in [5.74, 6) is -2.11. The zero-order valence-corrected chi connectivity index (χ0v) is 4.82. The van der Waals surface area contributed by atoms with Gasteiger partial charge in [-0.1, -0.05) is 0 Å². The number of alkyl halides is 2. The van der Waals surface area contributed by atoms with E-state index in [0.717, 1.165) is 0 Å². The van der Waals surface area contributed by atoms with Crippen molar-refractivity contribution in [2.45, 2.75) is 5.25 Å². The molecular weight excluding hydrogens is 156 g/mol. The van der Waals surface area contributed by atoms with E-state index in [1.54, 1.807) is 0 Å². The van der Waals surface area contributed by atoms with Crippen LogP contribution in [0.1, 0.15) is 0 Å². The van der Waals surface area contributed by atoms with Gasteiger partial charge in [0.25, 0.3) is 0 Å². The molecule has 1 atom stereocenters. The SMILES string of the molecule is NC(=O)C(F)(F)S(=O)O. The van der Waals surface area contributed by atoms with Gasteiger partial charge in [0.05, 0.1) is 0 Å². The number of rotatable bonds is 2. The fourth-order valence-corrected chi connectivity index (χ4v) is 0.258. The Morgan fingerprint density at radius 3 is 2.00 bits per heavy atom. The molecule has 0 aliphatic carbocycles. The van der Waals surface area contributed by atoms with Gasteiger partial charge < -0.3 is 10.3 Å². The van der Waals surface area contributed by atoms with Crippen molar-refractivity contribution in [2.24, 2.45) is 5.73 Å². The highest BCUT2D eigenvalue weighted by Crippen LogP contribution is 2.14. The maximum Gasteiger partial charge on any atom is 0.420 e. The third kappa shape index (κ3) is 1.68. The van der Waals surface area contributed by atoms with Gasteiger partial charge >= 0.3 is 11.2 Å². The highest BCUT2D eigenvalue weighted by molar-refractivity contribution is 7.81. The monoisotopic (exact) mass is 159 g/mol. The predicted molar refractivity (Wildman–Crippen MR) is 24.9 cm³/mol. The highest BCUT2D eigenvalue weighted by atomic mass is 32.2. The number of halogens is 2. The van der Waals surface area contributed by atoms with Crippen molar-refractivity contribution in [3.8, 4) is 0 Å². The minimum Gasteiger partial charge on any atom is -0.363 e. The predicted octanol–water partition coefficient (Wildman–Crippen LogP) is -0.714. The summed E-state index contributed by atoms with van der Waals surface area (Å²) in [6, 6.07) is 0. The summed E-state index contributed by atoms with van der Waals surface area (Å²) in [5.41, 5.74) is 4.03. The van der Waals surface area contributed by atoms with E-state index in [2.05, 4.69) is 5.73 Å². The van der Waals surface area contributed by atoms with Crippen LogP contribution in [0, 0.1) is 0 Å². The van der Waals surface area contributed by atoms with Gasteiger partial charge in [0.1, 0.15) is 0 Å². The maximum atomic E-state index is 11.6. The fraction of sp³-hybridized carbons (Fsp3) is 0.500. The molecule has 0 aromatic carbocycles. The van der Waals surface area contributed by atoms with E-state index in [1.165, 1.54) is 0 Å². The molecule has 0 bridgehead atoms. The summed E-state index contributed by atoms with van der Waals surface area (Å²) in [6.45, 7) is 0. The smallest absolute Gasteiger partial charge is 0.363 e. The normalized spacial score (nSPS) is 15.0. The molecule has 3 N–H and O–H groups in total. The number of hydrogen-bond donors (Lipinski definition) is 2. The molecule has 0 radical (unpaired) electrons. The van der Waals surface area contributed by atoms with Gasteiger partial charge in [0, 0.05) is 0 Å². The zero-order valence-electron chi connectivity index (χ0n) is 4.01. The van der Waals surface area contributed by atoms with E-state index in [1.807, 2.05) is 0 Å². The van der Waals surface area contributed by atoms with Crippen LogP contribution in [-0.2, 0) is 15.9 Å². The van der Waals surface area contributed by atoms with Crippen molar-refractivity contribution < 1.29 is 22.3 Å². The Labute approximate surface area is 51.3 Å². The molecule has 0 heterocycles. The third-order valence-corrected chi connectivity index (χ3v) is 1.15. The second-order valence-corrected chi connectivity index (χ2v) is 2.14. The van der Waals surface area contributed by atoms with Gasteiger partial charge in [-0.15, -0.1) is 0 Å². The second kappa shape index (κ2) is 2.36. The number of hydrogen-bond acceptors (Lipinski definition) is 2. The molecule has 1 unspecified atom stereocenters. The van der Waals surface area contributed by atoms with E-state index in [-0.39, 0.29) is 0 Å². The molecule has 0 aliphatic heterocycles. The summed E-state index contributed by atoms with van der Waals surface area (Å²) in [5, 5.41) is -4.33. The van der Waals surface area contributed by atoms with Crippen LogP contribution in [0.4, 0.5) is 8.78 Å². The largest absolute Gasteiger partial charge is 0.420 e. The maximum absolute atomic E-state index is 11.6. The van der Waals surface area contributed by atoms with E-state index in [0.29, 0.717) is 0 Å². The summed E-state index contributed by atoms with van der Waals surface area (Å²) in [6.07, 6.45) is 0. The topological polar surface area (TPSA) is 80.4 Å². The van der Waals surface area contributed by atoms with Crippen LogP contribution in [0.2, 0.25) is 0 Å². The number of carbonyl (C=O) groups is 1. The number of primary amides is 1. The van der Waals surface area contributed by atoms with Gasteiger partial charge in [0.2, 0.25) is 11.1 Å². The molecule has 9 heavy (non-hydrogen) atoms. The average Bonchev–Trinajstić information content (AvgIpc) is 1.65. The van der Waals surface area contributed by atoms with Gasteiger partial charge in [-0.05, 0) is 0 Å². The highest BCUT2D eigenvalue weighted by Gasteiger charge is 2.43. The Hall–Kier alpha value is -0.560. The molecule has 0 fully saturated rings. The quantitative estimate of drug-likeness (QED) is 0.522. The van der Waals surface area contributed by atoms with E-state index in [9.17, 15) is 17.8 Å². The van der Waals surface area contributed by atoms with Crippen LogP contribution in [0.5, 0.6) is 0 Å². The van der Waals surface area contributed by atoms with Gasteiger partial charge in [-0.2, -0.15) is 8.78 Å². The molecule has 4 nitrogen and oxygen atoms in total. The first-order chi connectivity index (χ1) is 3.89. The van der Waals surface area contributed by atoms with Crippen molar-refractivity contribution in [3.63, 3.8) is 0 Å². The number of nitrogens with two attached hydrogens (primary N) is 1. The minimum absolute atomic E-state index is 2.11. The molecule has 0 rings (SSSR count). The van der Waals surface area contributed by atoms with Crippen molar-refractivity contribution in [3.05, 3.63) is 0 Å². The van der Waals surface area contributed by atoms with Gasteiger partial charge in [0.15, 0.2) is 0 Å². The Morgan fingerprint density at radius 1 is 1.67 bits per heavy atom. The van der Waals surface area contributed by atoms with Crippen molar-refractivity contribution in [1.82, 2.24) is 0 Å². The van der Waals surface area contributed by atoms with Crippen LogP contribution < -0.4 is 5.73 Å². The van der Waals surface area contributed by atoms with Crippen LogP contribution in [-0.4, -0.2) is 19.9 Å². The molecular formula is C2H3F2NO3S. The summed E-state index contributed by atoms with van der Waals surface area (Å²) < 4.78 is 40.5. The molecule has 1 amide bonds. The first-order valence-corrected chi connectivity index (χ1v) is 2.78. The molecule has 0 aromatic rings. The Morgan fingerprint density at radius 2 is 2.00 bits per heavy atom. The second-order valence-electron chi connectivity index (χ2n) is 1.13. The molecule has 0 saturated carbocycles. The average molecular weight is 159 g/mol. The van der Waals surface area contributed by atoms with Crippen molar-refractivity contribution >= 4 is 17.0 Å². The van der Waals surface area contributed by atoms with Gasteiger partial charge in [-0.25, -0.2) is 4.21 Å². The molecule has 0 spiro atoms. The van der Waals surface area contributed by atoms with Crippen molar-refractivity contribution in [2.75, 3.05) is 0 Å². The molecule has 0 aromatic heterocycles. The number of amides is 1. The van der Waals surface area contributed by atoms with Crippen LogP contribution in [0.15, 0.2) is 0 Å².